The summed E-state index contributed by atoms with van der Waals surface area (Å²) in [6.07, 6.45) is 4.60. The van der Waals surface area contributed by atoms with Crippen LogP contribution in [-0.4, -0.2) is 49.3 Å². The maximum absolute atomic E-state index is 12.3. The molecule has 0 aliphatic carbocycles. The van der Waals surface area contributed by atoms with Crippen molar-refractivity contribution in [1.82, 2.24) is 9.88 Å². The van der Waals surface area contributed by atoms with Gasteiger partial charge in [0.1, 0.15) is 18.0 Å². The highest BCUT2D eigenvalue weighted by atomic mass is 32.2. The van der Waals surface area contributed by atoms with Crippen molar-refractivity contribution in [3.8, 4) is 5.75 Å². The number of hydrogen-bond acceptors (Lipinski definition) is 6. The van der Waals surface area contributed by atoms with Gasteiger partial charge < -0.3 is 14.4 Å². The lowest BCUT2D eigenvalue weighted by atomic mass is 9.90. The number of amides is 1. The van der Waals surface area contributed by atoms with Gasteiger partial charge in [-0.05, 0) is 88.3 Å². The Morgan fingerprint density at radius 1 is 1.12 bits per heavy atom. The van der Waals surface area contributed by atoms with Gasteiger partial charge in [0.15, 0.2) is 9.84 Å². The lowest BCUT2D eigenvalue weighted by Gasteiger charge is -2.33. The highest BCUT2D eigenvalue weighted by Gasteiger charge is 2.27. The molecule has 1 aromatic heterocycles. The zero-order chi connectivity index (χ0) is 24.4. The fourth-order valence-electron chi connectivity index (χ4n) is 3.98. The van der Waals surface area contributed by atoms with Gasteiger partial charge in [0.05, 0.1) is 10.6 Å². The van der Waals surface area contributed by atoms with E-state index in [0.29, 0.717) is 36.3 Å². The minimum Gasteiger partial charge on any atom is -0.487 e. The van der Waals surface area contributed by atoms with Crippen LogP contribution in [0.1, 0.15) is 61.9 Å². The molecule has 0 radical (unpaired) electrons. The number of carbonyl (C=O) groups is 1. The molecule has 1 aromatic carbocycles. The predicted molar refractivity (Wildman–Crippen MR) is 127 cm³/mol. The van der Waals surface area contributed by atoms with E-state index in [1.807, 2.05) is 46.9 Å². The molecule has 3 rings (SSSR count). The molecule has 8 heteroatoms. The molecule has 180 valence electrons. The number of pyridine rings is 1. The molecule has 0 unspecified atom stereocenters. The quantitative estimate of drug-likeness (QED) is 0.619. The molecule has 1 aliphatic rings. The molecular formula is C25H34N2O5S. The summed E-state index contributed by atoms with van der Waals surface area (Å²) >= 11 is 0. The van der Waals surface area contributed by atoms with E-state index >= 15 is 0 Å². The van der Waals surface area contributed by atoms with E-state index in [0.717, 1.165) is 35.2 Å². The second-order valence-electron chi connectivity index (χ2n) is 9.77. The summed E-state index contributed by atoms with van der Waals surface area (Å²) < 4.78 is 35.1. The third-order valence-corrected chi connectivity index (χ3v) is 6.78. The zero-order valence-electron chi connectivity index (χ0n) is 20.3. The van der Waals surface area contributed by atoms with Crippen LogP contribution in [0.3, 0.4) is 0 Å². The van der Waals surface area contributed by atoms with Crippen LogP contribution in [0.2, 0.25) is 0 Å². The van der Waals surface area contributed by atoms with Gasteiger partial charge in [0, 0.05) is 25.5 Å². The molecule has 1 amide bonds. The normalized spacial score (nSPS) is 15.4. The number of carbonyl (C=O) groups excluding carboxylic acids is 1. The van der Waals surface area contributed by atoms with Crippen LogP contribution in [0.25, 0.3) is 0 Å². The molecular weight excluding hydrogens is 440 g/mol. The number of piperidine rings is 1. The molecule has 2 heterocycles. The molecule has 7 nitrogen and oxygen atoms in total. The number of ether oxygens (including phenoxy) is 2. The fraction of sp³-hybridized carbons (Fsp3) is 0.520. The van der Waals surface area contributed by atoms with E-state index < -0.39 is 15.4 Å². The third kappa shape index (κ3) is 6.69. The first kappa shape index (κ1) is 25.0. The number of nitrogens with zero attached hydrogens (tertiary/aromatic N) is 2. The highest BCUT2D eigenvalue weighted by Crippen LogP contribution is 2.30. The number of sulfone groups is 1. The van der Waals surface area contributed by atoms with Crippen molar-refractivity contribution in [2.75, 3.05) is 19.3 Å². The van der Waals surface area contributed by atoms with Gasteiger partial charge in [-0.1, -0.05) is 6.07 Å². The Kier molecular flexibility index (Phi) is 7.36. The van der Waals surface area contributed by atoms with Crippen LogP contribution in [0.15, 0.2) is 35.4 Å². The van der Waals surface area contributed by atoms with Gasteiger partial charge in [-0.15, -0.1) is 0 Å². The number of likely N-dealkylation sites (tertiary alicyclic amines) is 1. The average molecular weight is 475 g/mol. The van der Waals surface area contributed by atoms with Crippen LogP contribution >= 0.6 is 0 Å². The van der Waals surface area contributed by atoms with Crippen LogP contribution in [0.5, 0.6) is 5.75 Å². The van der Waals surface area contributed by atoms with E-state index in [1.165, 1.54) is 6.26 Å². The maximum atomic E-state index is 12.3. The Morgan fingerprint density at radius 3 is 2.21 bits per heavy atom. The Labute approximate surface area is 197 Å². The van der Waals surface area contributed by atoms with E-state index in [2.05, 4.69) is 11.1 Å². The van der Waals surface area contributed by atoms with Crippen molar-refractivity contribution >= 4 is 15.9 Å². The van der Waals surface area contributed by atoms with E-state index in [4.69, 9.17) is 9.47 Å². The lowest BCUT2D eigenvalue weighted by molar-refractivity contribution is 0.0204. The Morgan fingerprint density at radius 2 is 1.73 bits per heavy atom. The third-order valence-electron chi connectivity index (χ3n) is 5.69. The largest absolute Gasteiger partial charge is 0.487 e. The highest BCUT2D eigenvalue weighted by molar-refractivity contribution is 7.90. The summed E-state index contributed by atoms with van der Waals surface area (Å²) in [5, 5.41) is 0. The van der Waals surface area contributed by atoms with Gasteiger partial charge in [-0.2, -0.15) is 0 Å². The SMILES string of the molecule is Cc1cc(S(C)(=O)=O)cc(C)c1OCc1ccc(C2CCN(C(=O)OC(C)(C)C)CC2)cn1. The molecule has 1 saturated heterocycles. The number of aromatic nitrogens is 1. The van der Waals surface area contributed by atoms with Crippen LogP contribution in [-0.2, 0) is 21.2 Å². The minimum atomic E-state index is -3.26. The maximum Gasteiger partial charge on any atom is 0.410 e. The van der Waals surface area contributed by atoms with Crippen molar-refractivity contribution < 1.29 is 22.7 Å². The molecule has 33 heavy (non-hydrogen) atoms. The van der Waals surface area contributed by atoms with E-state index in [1.54, 1.807) is 17.0 Å². The van der Waals surface area contributed by atoms with Crippen molar-refractivity contribution in [3.05, 3.63) is 52.8 Å². The number of aryl methyl sites for hydroxylation is 2. The second kappa shape index (κ2) is 9.71. The average Bonchev–Trinajstić information content (AvgIpc) is 2.72. The number of rotatable bonds is 5. The second-order valence-corrected chi connectivity index (χ2v) is 11.8. The molecule has 1 fully saturated rings. The smallest absolute Gasteiger partial charge is 0.410 e. The van der Waals surface area contributed by atoms with Gasteiger partial charge in [-0.25, -0.2) is 13.2 Å². The number of benzene rings is 1. The molecule has 1 aliphatic heterocycles. The van der Waals surface area contributed by atoms with Gasteiger partial charge in [0.25, 0.3) is 0 Å². The van der Waals surface area contributed by atoms with Gasteiger partial charge in [-0.3, -0.25) is 4.98 Å². The zero-order valence-corrected chi connectivity index (χ0v) is 21.2. The fourth-order valence-corrected chi connectivity index (χ4v) is 4.76. The van der Waals surface area contributed by atoms with Crippen molar-refractivity contribution in [1.29, 1.82) is 0 Å². The monoisotopic (exact) mass is 474 g/mol. The summed E-state index contributed by atoms with van der Waals surface area (Å²) in [4.78, 5) is 18.9. The molecule has 0 spiro atoms. The molecule has 0 atom stereocenters. The first-order valence-electron chi connectivity index (χ1n) is 11.2. The van der Waals surface area contributed by atoms with Crippen LogP contribution in [0, 0.1) is 13.8 Å². The molecule has 0 bridgehead atoms. The Balaban J connectivity index is 1.57. The molecule has 0 N–H and O–H groups in total. The topological polar surface area (TPSA) is 85.8 Å². The first-order chi connectivity index (χ1) is 15.3. The van der Waals surface area contributed by atoms with E-state index in [9.17, 15) is 13.2 Å². The van der Waals surface area contributed by atoms with Crippen molar-refractivity contribution in [2.45, 2.75) is 70.5 Å². The minimum absolute atomic E-state index is 0.248. The number of hydrogen-bond donors (Lipinski definition) is 0. The Hall–Kier alpha value is -2.61. The summed E-state index contributed by atoms with van der Waals surface area (Å²) in [5.41, 5.74) is 3.04. The van der Waals surface area contributed by atoms with E-state index in [-0.39, 0.29) is 6.09 Å². The summed E-state index contributed by atoms with van der Waals surface area (Å²) in [7, 11) is -3.26. The van der Waals surface area contributed by atoms with Crippen molar-refractivity contribution in [2.24, 2.45) is 0 Å². The molecule has 2 aromatic rings. The summed E-state index contributed by atoms with van der Waals surface area (Å²) in [6.45, 7) is 11.0. The first-order valence-corrected chi connectivity index (χ1v) is 13.1. The summed E-state index contributed by atoms with van der Waals surface area (Å²) in [6, 6.07) is 7.31. The Bertz CT molecular complexity index is 1070. The van der Waals surface area contributed by atoms with Crippen LogP contribution in [0.4, 0.5) is 4.79 Å². The standard InChI is InChI=1S/C25H34N2O5S/c1-17-13-22(33(6,29)30)14-18(2)23(17)31-16-21-8-7-20(15-26-21)19-9-11-27(12-10-19)24(28)32-25(3,4)5/h7-8,13-15,19H,9-12,16H2,1-6H3. The van der Waals surface area contributed by atoms with Gasteiger partial charge >= 0.3 is 6.09 Å². The van der Waals surface area contributed by atoms with Crippen molar-refractivity contribution in [3.63, 3.8) is 0 Å². The predicted octanol–water partition coefficient (Wildman–Crippen LogP) is 4.80. The van der Waals surface area contributed by atoms with Crippen LogP contribution < -0.4 is 4.74 Å². The lowest BCUT2D eigenvalue weighted by Crippen LogP contribution is -2.41. The summed E-state index contributed by atoms with van der Waals surface area (Å²) in [5.74, 6) is 1.04. The molecule has 0 saturated carbocycles. The van der Waals surface area contributed by atoms with Gasteiger partial charge in [0.2, 0.25) is 0 Å².